The van der Waals surface area contributed by atoms with Gasteiger partial charge < -0.3 is 20.1 Å². The molecule has 3 atom stereocenters. The second kappa shape index (κ2) is 11.6. The quantitative estimate of drug-likeness (QED) is 0.404. The SMILES string of the molecule is Cc1ccc2[nH]c(C)c(C3CCN(CC(O)C4CCN(C(=O)/C=C/c5cc(F)cc(F)c5)CC4)CC3O)c2c1. The van der Waals surface area contributed by atoms with E-state index >= 15 is 0 Å². The van der Waals surface area contributed by atoms with Gasteiger partial charge in [-0.3, -0.25) is 9.69 Å². The summed E-state index contributed by atoms with van der Waals surface area (Å²) in [7, 11) is 0. The van der Waals surface area contributed by atoms with E-state index in [-0.39, 0.29) is 17.7 Å². The highest BCUT2D eigenvalue weighted by Gasteiger charge is 2.34. The van der Waals surface area contributed by atoms with Crippen LogP contribution in [-0.4, -0.2) is 75.8 Å². The van der Waals surface area contributed by atoms with E-state index in [1.54, 1.807) is 4.90 Å². The van der Waals surface area contributed by atoms with Gasteiger partial charge >= 0.3 is 0 Å². The van der Waals surface area contributed by atoms with E-state index in [1.165, 1.54) is 40.8 Å². The Kier molecular flexibility index (Phi) is 8.16. The second-order valence-corrected chi connectivity index (χ2v) is 11.2. The average molecular weight is 538 g/mol. The number of amides is 1. The van der Waals surface area contributed by atoms with Crippen LogP contribution in [0.1, 0.15) is 47.6 Å². The van der Waals surface area contributed by atoms with Gasteiger partial charge in [0.05, 0.1) is 12.2 Å². The molecule has 3 unspecified atom stereocenters. The lowest BCUT2D eigenvalue weighted by Gasteiger charge is -2.39. The minimum Gasteiger partial charge on any atom is -0.392 e. The Balaban J connectivity index is 1.12. The Labute approximate surface area is 227 Å². The first-order valence-electron chi connectivity index (χ1n) is 13.8. The summed E-state index contributed by atoms with van der Waals surface area (Å²) >= 11 is 0. The zero-order chi connectivity index (χ0) is 27.7. The van der Waals surface area contributed by atoms with E-state index in [9.17, 15) is 23.8 Å². The fourth-order valence-corrected chi connectivity index (χ4v) is 6.30. The Bertz CT molecular complexity index is 1340. The van der Waals surface area contributed by atoms with Crippen LogP contribution in [-0.2, 0) is 4.79 Å². The van der Waals surface area contributed by atoms with Crippen LogP contribution in [0.4, 0.5) is 8.78 Å². The summed E-state index contributed by atoms with van der Waals surface area (Å²) in [4.78, 5) is 19.9. The van der Waals surface area contributed by atoms with Crippen LogP contribution in [0.15, 0.2) is 42.5 Å². The van der Waals surface area contributed by atoms with Crippen LogP contribution in [0, 0.1) is 31.4 Å². The van der Waals surface area contributed by atoms with Crippen molar-refractivity contribution in [2.45, 2.75) is 51.2 Å². The molecule has 2 aromatic carbocycles. The van der Waals surface area contributed by atoms with E-state index in [2.05, 4.69) is 41.9 Å². The lowest BCUT2D eigenvalue weighted by atomic mass is 9.84. The number of β-amino-alcohol motifs (C(OH)–C–C–N with tert-alkyl or cyclic N) is 2. The zero-order valence-electron chi connectivity index (χ0n) is 22.5. The van der Waals surface area contributed by atoms with E-state index in [0.717, 1.165) is 30.2 Å². The van der Waals surface area contributed by atoms with E-state index < -0.39 is 23.8 Å². The summed E-state index contributed by atoms with van der Waals surface area (Å²) in [5.74, 6) is -1.45. The van der Waals surface area contributed by atoms with Crippen LogP contribution in [0.25, 0.3) is 17.0 Å². The summed E-state index contributed by atoms with van der Waals surface area (Å²) in [5, 5.41) is 23.3. The average Bonchev–Trinajstić information content (AvgIpc) is 3.21. The summed E-state index contributed by atoms with van der Waals surface area (Å²) in [6.07, 6.45) is 3.90. The highest BCUT2D eigenvalue weighted by Crippen LogP contribution is 2.36. The normalized spacial score (nSPS) is 22.2. The molecule has 2 saturated heterocycles. The van der Waals surface area contributed by atoms with E-state index in [4.69, 9.17) is 0 Å². The molecule has 0 saturated carbocycles. The number of carbonyl (C=O) groups excluding carboxylic acids is 1. The number of rotatable bonds is 6. The monoisotopic (exact) mass is 537 g/mol. The van der Waals surface area contributed by atoms with Gasteiger partial charge in [-0.25, -0.2) is 8.78 Å². The van der Waals surface area contributed by atoms with Crippen molar-refractivity contribution in [3.8, 4) is 0 Å². The molecule has 2 aliphatic rings. The number of aryl methyl sites for hydroxylation is 2. The molecule has 208 valence electrons. The maximum atomic E-state index is 13.4. The standard InChI is InChI=1S/C31H37F2N3O3/c1-19-3-5-27-26(13-19)31(20(2)34-27)25-9-10-35(18-29(25)38)17-28(37)22-7-11-36(12-8-22)30(39)6-4-21-14-23(32)16-24(33)15-21/h3-6,13-16,22,25,28-29,34,37-38H,7-12,17-18H2,1-2H3/b6-4+. The summed E-state index contributed by atoms with van der Waals surface area (Å²) < 4.78 is 26.7. The van der Waals surface area contributed by atoms with Crippen LogP contribution >= 0.6 is 0 Å². The molecule has 5 rings (SSSR count). The molecule has 2 fully saturated rings. The number of halogens is 2. The number of aliphatic hydroxyl groups excluding tert-OH is 2. The summed E-state index contributed by atoms with van der Waals surface area (Å²) in [6.45, 7) is 7.01. The number of aromatic nitrogens is 1. The molecule has 6 nitrogen and oxygen atoms in total. The van der Waals surface area contributed by atoms with Crippen molar-refractivity contribution in [1.29, 1.82) is 0 Å². The molecule has 8 heteroatoms. The first-order valence-corrected chi connectivity index (χ1v) is 13.8. The first-order chi connectivity index (χ1) is 18.7. The topological polar surface area (TPSA) is 79.8 Å². The molecule has 0 aliphatic carbocycles. The number of nitrogens with zero attached hydrogens (tertiary/aromatic N) is 2. The highest BCUT2D eigenvalue weighted by molar-refractivity contribution is 5.91. The molecule has 1 amide bonds. The number of aliphatic hydroxyl groups is 2. The lowest BCUT2D eigenvalue weighted by Crippen LogP contribution is -2.48. The van der Waals surface area contributed by atoms with Crippen LogP contribution < -0.4 is 0 Å². The number of likely N-dealkylation sites (tertiary alicyclic amines) is 2. The highest BCUT2D eigenvalue weighted by atomic mass is 19.1. The third kappa shape index (κ3) is 6.24. The molecule has 0 bridgehead atoms. The predicted octanol–water partition coefficient (Wildman–Crippen LogP) is 4.53. The Morgan fingerprint density at radius 2 is 1.79 bits per heavy atom. The number of nitrogens with one attached hydrogen (secondary N) is 1. The Hall–Kier alpha value is -3.07. The van der Waals surface area contributed by atoms with Crippen molar-refractivity contribution in [2.24, 2.45) is 5.92 Å². The van der Waals surface area contributed by atoms with Crippen LogP contribution in [0.5, 0.6) is 0 Å². The summed E-state index contributed by atoms with van der Waals surface area (Å²) in [5.41, 5.74) is 4.90. The molecule has 3 heterocycles. The molecule has 3 N–H and O–H groups in total. The smallest absolute Gasteiger partial charge is 0.246 e. The number of H-pyrrole nitrogens is 1. The van der Waals surface area contributed by atoms with Gasteiger partial charge in [0.1, 0.15) is 11.6 Å². The fraction of sp³-hybridized carbons (Fsp3) is 0.452. The number of piperidine rings is 2. The number of carbonyl (C=O) groups is 1. The number of hydrogen-bond acceptors (Lipinski definition) is 4. The van der Waals surface area contributed by atoms with Gasteiger partial charge in [0.15, 0.2) is 0 Å². The lowest BCUT2D eigenvalue weighted by molar-refractivity contribution is -0.128. The van der Waals surface area contributed by atoms with Crippen molar-refractivity contribution in [3.05, 3.63) is 76.5 Å². The third-order valence-corrected chi connectivity index (χ3v) is 8.37. The van der Waals surface area contributed by atoms with Gasteiger partial charge in [-0.2, -0.15) is 0 Å². The molecule has 39 heavy (non-hydrogen) atoms. The van der Waals surface area contributed by atoms with Gasteiger partial charge in [-0.15, -0.1) is 0 Å². The van der Waals surface area contributed by atoms with Gasteiger partial charge in [0.25, 0.3) is 0 Å². The minimum atomic E-state index is -0.684. The van der Waals surface area contributed by atoms with Crippen molar-refractivity contribution < 1.29 is 23.8 Å². The molecule has 0 radical (unpaired) electrons. The largest absolute Gasteiger partial charge is 0.392 e. The van der Waals surface area contributed by atoms with Crippen molar-refractivity contribution in [3.63, 3.8) is 0 Å². The van der Waals surface area contributed by atoms with Crippen molar-refractivity contribution in [1.82, 2.24) is 14.8 Å². The van der Waals surface area contributed by atoms with Gasteiger partial charge in [-0.1, -0.05) is 11.6 Å². The Morgan fingerprint density at radius 1 is 1.08 bits per heavy atom. The van der Waals surface area contributed by atoms with Crippen molar-refractivity contribution >= 4 is 22.9 Å². The fourth-order valence-electron chi connectivity index (χ4n) is 6.30. The van der Waals surface area contributed by atoms with Gasteiger partial charge in [-0.05, 0) is 87.0 Å². The third-order valence-electron chi connectivity index (χ3n) is 8.37. The van der Waals surface area contributed by atoms with Gasteiger partial charge in [0, 0.05) is 60.8 Å². The number of fused-ring (bicyclic) bond motifs is 1. The number of hydrogen-bond donors (Lipinski definition) is 3. The van der Waals surface area contributed by atoms with Crippen molar-refractivity contribution in [2.75, 3.05) is 32.7 Å². The molecule has 3 aromatic rings. The van der Waals surface area contributed by atoms with E-state index in [1.807, 2.05) is 0 Å². The van der Waals surface area contributed by atoms with Crippen LogP contribution in [0.2, 0.25) is 0 Å². The second-order valence-electron chi connectivity index (χ2n) is 11.2. The molecular formula is C31H37F2N3O3. The first kappa shape index (κ1) is 27.5. The minimum absolute atomic E-state index is 0.0557. The molecule has 2 aliphatic heterocycles. The predicted molar refractivity (Wildman–Crippen MR) is 148 cm³/mol. The molecule has 0 spiro atoms. The number of benzene rings is 2. The maximum absolute atomic E-state index is 13.4. The molecular weight excluding hydrogens is 500 g/mol. The Morgan fingerprint density at radius 3 is 2.49 bits per heavy atom. The zero-order valence-corrected chi connectivity index (χ0v) is 22.5. The van der Waals surface area contributed by atoms with Gasteiger partial charge in [0.2, 0.25) is 5.91 Å². The summed E-state index contributed by atoms with van der Waals surface area (Å²) in [6, 6.07) is 9.53. The van der Waals surface area contributed by atoms with E-state index in [0.29, 0.717) is 44.6 Å². The van der Waals surface area contributed by atoms with Crippen LogP contribution in [0.3, 0.4) is 0 Å². The maximum Gasteiger partial charge on any atom is 0.246 e. The number of aromatic amines is 1. The molecule has 1 aromatic heterocycles.